The van der Waals surface area contributed by atoms with Crippen molar-refractivity contribution in [2.45, 2.75) is 24.9 Å². The van der Waals surface area contributed by atoms with Crippen molar-refractivity contribution in [3.05, 3.63) is 29.6 Å². The van der Waals surface area contributed by atoms with Crippen molar-refractivity contribution in [1.82, 2.24) is 10.2 Å². The molecule has 3 aliphatic heterocycles. The van der Waals surface area contributed by atoms with Crippen molar-refractivity contribution in [3.63, 3.8) is 0 Å². The van der Waals surface area contributed by atoms with Crippen molar-refractivity contribution in [3.8, 4) is 5.75 Å². The van der Waals surface area contributed by atoms with E-state index in [2.05, 4.69) is 10.2 Å². The fourth-order valence-corrected chi connectivity index (χ4v) is 4.28. The van der Waals surface area contributed by atoms with Gasteiger partial charge >= 0.3 is 0 Å². The van der Waals surface area contributed by atoms with Crippen molar-refractivity contribution >= 4 is 5.91 Å². The van der Waals surface area contributed by atoms with Crippen LogP contribution in [0.3, 0.4) is 0 Å². The molecule has 1 aromatic carbocycles. The number of carbonyl (C=O) groups is 1. The molecule has 0 saturated carbocycles. The standard InChI is InChI=1S/C18H23FN2O3/c1-21-9-14(18(22)20-12-4-6-23-7-5-12)15-10-24-16-3-2-11(19)8-13(16)17(15)21/h2-3,8,12,14-15,17H,4-7,9-10H2,1H3,(H,20,22)/t14-,15+,17+/m1/s1. The second-order valence-corrected chi connectivity index (χ2v) is 7.04. The van der Waals surface area contributed by atoms with E-state index in [0.29, 0.717) is 26.4 Å². The van der Waals surface area contributed by atoms with E-state index in [0.717, 1.165) is 24.2 Å². The topological polar surface area (TPSA) is 50.8 Å². The molecule has 4 rings (SSSR count). The fourth-order valence-electron chi connectivity index (χ4n) is 4.28. The highest BCUT2D eigenvalue weighted by atomic mass is 19.1. The number of carbonyl (C=O) groups excluding carboxylic acids is 1. The van der Waals surface area contributed by atoms with Crippen LogP contribution in [-0.4, -0.2) is 50.3 Å². The van der Waals surface area contributed by atoms with Gasteiger partial charge in [-0.15, -0.1) is 0 Å². The number of ether oxygens (including phenoxy) is 2. The number of nitrogens with one attached hydrogen (secondary N) is 1. The first-order valence-electron chi connectivity index (χ1n) is 8.64. The Morgan fingerprint density at radius 3 is 2.92 bits per heavy atom. The van der Waals surface area contributed by atoms with Gasteiger partial charge in [0.2, 0.25) is 5.91 Å². The molecule has 3 aliphatic rings. The Labute approximate surface area is 141 Å². The summed E-state index contributed by atoms with van der Waals surface area (Å²) < 4.78 is 24.8. The van der Waals surface area contributed by atoms with E-state index in [1.54, 1.807) is 12.1 Å². The number of halogens is 1. The number of amides is 1. The van der Waals surface area contributed by atoms with Crippen LogP contribution in [-0.2, 0) is 9.53 Å². The molecule has 6 heteroatoms. The molecule has 2 saturated heterocycles. The summed E-state index contributed by atoms with van der Waals surface area (Å²) in [7, 11) is 2.00. The maximum Gasteiger partial charge on any atom is 0.225 e. The Hall–Kier alpha value is -1.66. The van der Waals surface area contributed by atoms with Gasteiger partial charge in [0.05, 0.1) is 12.5 Å². The Kier molecular flexibility index (Phi) is 4.18. The van der Waals surface area contributed by atoms with Crippen LogP contribution in [0.1, 0.15) is 24.4 Å². The minimum atomic E-state index is -0.262. The second-order valence-electron chi connectivity index (χ2n) is 7.04. The van der Waals surface area contributed by atoms with Crippen molar-refractivity contribution in [1.29, 1.82) is 0 Å². The summed E-state index contributed by atoms with van der Waals surface area (Å²) in [6.07, 6.45) is 1.74. The normalized spacial score (nSPS) is 30.3. The molecule has 0 aromatic heterocycles. The fraction of sp³-hybridized carbons (Fsp3) is 0.611. The number of likely N-dealkylation sites (tertiary alicyclic amines) is 1. The lowest BCUT2D eigenvalue weighted by Gasteiger charge is -2.33. The molecule has 0 spiro atoms. The van der Waals surface area contributed by atoms with Crippen molar-refractivity contribution in [2.24, 2.45) is 11.8 Å². The summed E-state index contributed by atoms with van der Waals surface area (Å²) in [5.74, 6) is 0.490. The van der Waals surface area contributed by atoms with Gasteiger partial charge in [-0.3, -0.25) is 9.69 Å². The molecular formula is C18H23FN2O3. The van der Waals surface area contributed by atoms with E-state index in [4.69, 9.17) is 9.47 Å². The quantitative estimate of drug-likeness (QED) is 0.895. The van der Waals surface area contributed by atoms with Crippen LogP contribution in [0.25, 0.3) is 0 Å². The predicted octanol–water partition coefficient (Wildman–Crippen LogP) is 1.73. The molecule has 5 nitrogen and oxygen atoms in total. The smallest absolute Gasteiger partial charge is 0.225 e. The van der Waals surface area contributed by atoms with Gasteiger partial charge in [0.25, 0.3) is 0 Å². The molecule has 24 heavy (non-hydrogen) atoms. The monoisotopic (exact) mass is 334 g/mol. The highest BCUT2D eigenvalue weighted by molar-refractivity contribution is 5.80. The van der Waals surface area contributed by atoms with E-state index < -0.39 is 0 Å². The number of fused-ring (bicyclic) bond motifs is 3. The van der Waals surface area contributed by atoms with Gasteiger partial charge in [-0.05, 0) is 38.1 Å². The van der Waals surface area contributed by atoms with Gasteiger partial charge in [-0.25, -0.2) is 4.39 Å². The SMILES string of the molecule is CN1C[C@@H](C(=O)NC2CCOCC2)[C@@H]2COc3ccc(F)cc3[C@@H]21. The van der Waals surface area contributed by atoms with Gasteiger partial charge < -0.3 is 14.8 Å². The zero-order valence-electron chi connectivity index (χ0n) is 13.8. The number of rotatable bonds is 2. The minimum absolute atomic E-state index is 0.0369. The maximum atomic E-state index is 13.7. The van der Waals surface area contributed by atoms with Crippen LogP contribution in [0.5, 0.6) is 5.75 Å². The van der Waals surface area contributed by atoms with Crippen LogP contribution >= 0.6 is 0 Å². The molecule has 130 valence electrons. The number of nitrogens with zero attached hydrogens (tertiary/aromatic N) is 1. The van der Waals surface area contributed by atoms with E-state index in [1.807, 2.05) is 7.05 Å². The Balaban J connectivity index is 1.52. The van der Waals surface area contributed by atoms with Crippen molar-refractivity contribution in [2.75, 3.05) is 33.4 Å². The number of benzene rings is 1. The summed E-state index contributed by atoms with van der Waals surface area (Å²) in [6.45, 7) is 2.58. The van der Waals surface area contributed by atoms with Crippen LogP contribution in [0.4, 0.5) is 4.39 Å². The van der Waals surface area contributed by atoms with Crippen LogP contribution < -0.4 is 10.1 Å². The van der Waals surface area contributed by atoms with E-state index in [9.17, 15) is 9.18 Å². The van der Waals surface area contributed by atoms with Crippen LogP contribution in [0, 0.1) is 17.7 Å². The lowest BCUT2D eigenvalue weighted by molar-refractivity contribution is -0.127. The predicted molar refractivity (Wildman–Crippen MR) is 86.2 cm³/mol. The molecule has 1 amide bonds. The first-order chi connectivity index (χ1) is 11.6. The molecule has 0 radical (unpaired) electrons. The zero-order chi connectivity index (χ0) is 16.7. The molecule has 0 bridgehead atoms. The average molecular weight is 334 g/mol. The highest BCUT2D eigenvalue weighted by Gasteiger charge is 2.48. The van der Waals surface area contributed by atoms with E-state index >= 15 is 0 Å². The zero-order valence-corrected chi connectivity index (χ0v) is 13.8. The van der Waals surface area contributed by atoms with Gasteiger partial charge in [-0.1, -0.05) is 0 Å². The Morgan fingerprint density at radius 1 is 1.33 bits per heavy atom. The van der Waals surface area contributed by atoms with Gasteiger partial charge in [-0.2, -0.15) is 0 Å². The lowest BCUT2D eigenvalue weighted by Crippen LogP contribution is -2.44. The average Bonchev–Trinajstić information content (AvgIpc) is 2.93. The Morgan fingerprint density at radius 2 is 2.12 bits per heavy atom. The molecule has 0 aliphatic carbocycles. The van der Waals surface area contributed by atoms with Crippen molar-refractivity contribution < 1.29 is 18.7 Å². The summed E-state index contributed by atoms with van der Waals surface area (Å²) in [5, 5.41) is 3.17. The van der Waals surface area contributed by atoms with Crippen LogP contribution in [0.15, 0.2) is 18.2 Å². The van der Waals surface area contributed by atoms with Crippen LogP contribution in [0.2, 0.25) is 0 Å². The highest BCUT2D eigenvalue weighted by Crippen LogP contribution is 2.46. The summed E-state index contributed by atoms with van der Waals surface area (Å²) in [4.78, 5) is 14.9. The largest absolute Gasteiger partial charge is 0.493 e. The third-order valence-electron chi connectivity index (χ3n) is 5.51. The molecule has 3 atom stereocenters. The lowest BCUT2D eigenvalue weighted by atomic mass is 9.84. The van der Waals surface area contributed by atoms with E-state index in [-0.39, 0.29) is 35.6 Å². The molecule has 0 unspecified atom stereocenters. The van der Waals surface area contributed by atoms with Gasteiger partial charge in [0.15, 0.2) is 0 Å². The summed E-state index contributed by atoms with van der Waals surface area (Å²) in [6, 6.07) is 4.88. The van der Waals surface area contributed by atoms with Gasteiger partial charge in [0, 0.05) is 43.3 Å². The second kappa shape index (κ2) is 6.33. The van der Waals surface area contributed by atoms with Gasteiger partial charge in [0.1, 0.15) is 11.6 Å². The number of hydrogen-bond acceptors (Lipinski definition) is 4. The Bertz CT molecular complexity index is 633. The molecule has 1 N–H and O–H groups in total. The summed E-state index contributed by atoms with van der Waals surface area (Å²) in [5.41, 5.74) is 0.857. The molecule has 3 heterocycles. The molecule has 1 aromatic rings. The van der Waals surface area contributed by atoms with E-state index in [1.165, 1.54) is 6.07 Å². The third kappa shape index (κ3) is 2.78. The first-order valence-corrected chi connectivity index (χ1v) is 8.64. The molecular weight excluding hydrogens is 311 g/mol. The number of hydrogen-bond donors (Lipinski definition) is 1. The molecule has 2 fully saturated rings. The summed E-state index contributed by atoms with van der Waals surface area (Å²) >= 11 is 0. The first kappa shape index (κ1) is 15.8. The minimum Gasteiger partial charge on any atom is -0.493 e. The maximum absolute atomic E-state index is 13.7. The third-order valence-corrected chi connectivity index (χ3v) is 5.51.